The van der Waals surface area contributed by atoms with Crippen LogP contribution < -0.4 is 15.1 Å². The summed E-state index contributed by atoms with van der Waals surface area (Å²) in [6.45, 7) is 9.45. The van der Waals surface area contributed by atoms with Gasteiger partial charge in [-0.2, -0.15) is 4.72 Å². The van der Waals surface area contributed by atoms with E-state index in [1.807, 2.05) is 27.7 Å². The van der Waals surface area contributed by atoms with Crippen LogP contribution in [0.25, 0.3) is 11.0 Å². The second-order valence-corrected chi connectivity index (χ2v) is 10.7. The minimum atomic E-state index is -3.94. The quantitative estimate of drug-likeness (QED) is 0.269. The fourth-order valence-corrected chi connectivity index (χ4v) is 5.03. The first-order chi connectivity index (χ1) is 16.0. The number of hydrogen-bond donors (Lipinski definition) is 1. The minimum absolute atomic E-state index is 0.0289. The molecule has 0 saturated carbocycles. The molecule has 0 saturated heterocycles. The van der Waals surface area contributed by atoms with Gasteiger partial charge >= 0.3 is 11.6 Å². The smallest absolute Gasteiger partial charge is 0.336 e. The van der Waals surface area contributed by atoms with Crippen LogP contribution in [0.4, 0.5) is 0 Å². The van der Waals surface area contributed by atoms with Gasteiger partial charge in [0.1, 0.15) is 17.4 Å². The Bertz CT molecular complexity index is 1340. The van der Waals surface area contributed by atoms with Gasteiger partial charge in [-0.15, -0.1) is 0 Å². The van der Waals surface area contributed by atoms with E-state index in [0.717, 1.165) is 23.1 Å². The van der Waals surface area contributed by atoms with Crippen molar-refractivity contribution < 1.29 is 22.4 Å². The predicted octanol–water partition coefficient (Wildman–Crippen LogP) is 4.66. The molecule has 0 aliphatic rings. The van der Waals surface area contributed by atoms with Crippen molar-refractivity contribution in [2.24, 2.45) is 5.92 Å². The molecule has 0 bridgehead atoms. The zero-order chi connectivity index (χ0) is 25.0. The van der Waals surface area contributed by atoms with Crippen molar-refractivity contribution in [1.29, 1.82) is 0 Å². The minimum Gasteiger partial charge on any atom is -0.425 e. The van der Waals surface area contributed by atoms with Gasteiger partial charge in [-0.1, -0.05) is 44.9 Å². The molecule has 7 nitrogen and oxygen atoms in total. The maximum Gasteiger partial charge on any atom is 0.336 e. The largest absolute Gasteiger partial charge is 0.425 e. The van der Waals surface area contributed by atoms with E-state index in [1.54, 1.807) is 31.2 Å². The van der Waals surface area contributed by atoms with Gasteiger partial charge in [0.15, 0.2) is 0 Å². The van der Waals surface area contributed by atoms with E-state index in [-0.39, 0.29) is 23.0 Å². The first-order valence-electron chi connectivity index (χ1n) is 11.4. The van der Waals surface area contributed by atoms with E-state index >= 15 is 0 Å². The molecule has 0 aliphatic carbocycles. The fraction of sp³-hybridized carbons (Fsp3) is 0.385. The van der Waals surface area contributed by atoms with Crippen LogP contribution in [0.5, 0.6) is 5.75 Å². The van der Waals surface area contributed by atoms with Crippen LogP contribution >= 0.6 is 0 Å². The molecule has 1 N–H and O–H groups in total. The lowest BCUT2D eigenvalue weighted by Crippen LogP contribution is -2.43. The average molecular weight is 486 g/mol. The van der Waals surface area contributed by atoms with E-state index in [4.69, 9.17) is 9.15 Å². The molecule has 0 unspecified atom stereocenters. The summed E-state index contributed by atoms with van der Waals surface area (Å²) in [6.07, 6.45) is 1.64. The maximum atomic E-state index is 13.3. The van der Waals surface area contributed by atoms with Crippen molar-refractivity contribution in [3.8, 4) is 5.75 Å². The summed E-state index contributed by atoms with van der Waals surface area (Å²) in [5.41, 5.74) is 2.25. The Morgan fingerprint density at radius 3 is 2.35 bits per heavy atom. The van der Waals surface area contributed by atoms with Gasteiger partial charge in [0.05, 0.1) is 10.3 Å². The summed E-state index contributed by atoms with van der Waals surface area (Å²) in [6, 6.07) is 10.1. The lowest BCUT2D eigenvalue weighted by molar-refractivity contribution is -0.136. The molecule has 3 aromatic rings. The number of fused-ring (bicyclic) bond motifs is 1. The van der Waals surface area contributed by atoms with Gasteiger partial charge in [-0.25, -0.2) is 18.0 Å². The summed E-state index contributed by atoms with van der Waals surface area (Å²) in [5, 5.41) is 0.546. The summed E-state index contributed by atoms with van der Waals surface area (Å²) in [7, 11) is -3.94. The standard InChI is InChI=1S/C26H31NO6S/c1-6-7-19-15-24(28)32-22-13-18(5)14-23(25(19)22)33-26(29)21(12-16(2)3)27-34(30,31)20-10-8-17(4)9-11-20/h8-11,13-16,21,27H,6-7,12H2,1-5H3/t21-/m1/s1. The van der Waals surface area contributed by atoms with Crippen LogP contribution in [-0.2, 0) is 21.2 Å². The second kappa shape index (κ2) is 10.5. The van der Waals surface area contributed by atoms with Crippen molar-refractivity contribution >= 4 is 27.0 Å². The van der Waals surface area contributed by atoms with Crippen LogP contribution in [-0.4, -0.2) is 20.4 Å². The summed E-state index contributed by atoms with van der Waals surface area (Å²) >= 11 is 0. The molecular weight excluding hydrogens is 454 g/mol. The van der Waals surface area contributed by atoms with Crippen LogP contribution in [0.15, 0.2) is 56.6 Å². The fourth-order valence-electron chi connectivity index (χ4n) is 3.83. The molecule has 1 heterocycles. The van der Waals surface area contributed by atoms with E-state index in [0.29, 0.717) is 17.4 Å². The Kier molecular flexibility index (Phi) is 7.94. The number of esters is 1. The number of nitrogens with one attached hydrogen (secondary N) is 1. The molecule has 1 atom stereocenters. The number of benzene rings is 2. The zero-order valence-corrected chi connectivity index (χ0v) is 21.0. The topological polar surface area (TPSA) is 103 Å². The van der Waals surface area contributed by atoms with Gasteiger partial charge in [0, 0.05) is 6.07 Å². The van der Waals surface area contributed by atoms with Crippen molar-refractivity contribution in [1.82, 2.24) is 4.72 Å². The van der Waals surface area contributed by atoms with Gasteiger partial charge in [0.25, 0.3) is 0 Å². The molecule has 1 aromatic heterocycles. The highest BCUT2D eigenvalue weighted by Gasteiger charge is 2.29. The van der Waals surface area contributed by atoms with Crippen molar-refractivity contribution in [3.05, 3.63) is 69.6 Å². The zero-order valence-electron chi connectivity index (χ0n) is 20.2. The van der Waals surface area contributed by atoms with Crippen LogP contribution in [0.3, 0.4) is 0 Å². The van der Waals surface area contributed by atoms with E-state index in [9.17, 15) is 18.0 Å². The summed E-state index contributed by atoms with van der Waals surface area (Å²) < 4.78 is 39.6. The van der Waals surface area contributed by atoms with Gasteiger partial charge in [0.2, 0.25) is 10.0 Å². The molecular formula is C26H31NO6S. The third-order valence-electron chi connectivity index (χ3n) is 5.38. The van der Waals surface area contributed by atoms with Crippen LogP contribution in [0.1, 0.15) is 50.3 Å². The Balaban J connectivity index is 1.99. The van der Waals surface area contributed by atoms with Gasteiger partial charge in [-0.05, 0) is 68.0 Å². The van der Waals surface area contributed by atoms with Crippen molar-refractivity contribution in [2.75, 3.05) is 0 Å². The van der Waals surface area contributed by atoms with Gasteiger partial charge < -0.3 is 9.15 Å². The number of sulfonamides is 1. The summed E-state index contributed by atoms with van der Waals surface area (Å²) in [5.74, 6) is -0.443. The first kappa shape index (κ1) is 25.6. The van der Waals surface area contributed by atoms with E-state index in [1.165, 1.54) is 18.2 Å². The molecule has 2 aromatic carbocycles. The highest BCUT2D eigenvalue weighted by atomic mass is 32.2. The number of carbonyl (C=O) groups excluding carboxylic acids is 1. The number of aryl methyl sites for hydroxylation is 3. The molecule has 0 fully saturated rings. The molecule has 3 rings (SSSR count). The van der Waals surface area contributed by atoms with Crippen molar-refractivity contribution in [3.63, 3.8) is 0 Å². The normalized spacial score (nSPS) is 12.8. The Hall–Kier alpha value is -2.97. The highest BCUT2D eigenvalue weighted by molar-refractivity contribution is 7.89. The predicted molar refractivity (Wildman–Crippen MR) is 132 cm³/mol. The second-order valence-electron chi connectivity index (χ2n) is 9.01. The Morgan fingerprint density at radius 1 is 1.06 bits per heavy atom. The molecule has 0 spiro atoms. The highest BCUT2D eigenvalue weighted by Crippen LogP contribution is 2.31. The third kappa shape index (κ3) is 6.12. The SMILES string of the molecule is CCCc1cc(=O)oc2cc(C)cc(OC(=O)[C@@H](CC(C)C)NS(=O)(=O)c3ccc(C)cc3)c12. The molecule has 34 heavy (non-hydrogen) atoms. The number of hydrogen-bond acceptors (Lipinski definition) is 6. The number of carbonyl (C=O) groups is 1. The number of ether oxygens (including phenoxy) is 1. The van der Waals surface area contributed by atoms with Crippen LogP contribution in [0, 0.1) is 19.8 Å². The Morgan fingerprint density at radius 2 is 1.74 bits per heavy atom. The number of rotatable bonds is 9. The van der Waals surface area contributed by atoms with E-state index in [2.05, 4.69) is 4.72 Å². The first-order valence-corrected chi connectivity index (χ1v) is 12.9. The molecule has 182 valence electrons. The van der Waals surface area contributed by atoms with Crippen LogP contribution in [0.2, 0.25) is 0 Å². The average Bonchev–Trinajstić information content (AvgIpc) is 2.72. The lowest BCUT2D eigenvalue weighted by atomic mass is 10.0. The molecule has 0 aliphatic heterocycles. The Labute approximate surface area is 200 Å². The maximum absolute atomic E-state index is 13.3. The van der Waals surface area contributed by atoms with Gasteiger partial charge in [-0.3, -0.25) is 0 Å². The molecule has 0 radical (unpaired) electrons. The molecule has 8 heteroatoms. The third-order valence-corrected chi connectivity index (χ3v) is 6.87. The van der Waals surface area contributed by atoms with E-state index < -0.39 is 27.7 Å². The van der Waals surface area contributed by atoms with Crippen molar-refractivity contribution in [2.45, 2.75) is 64.8 Å². The molecule has 0 amide bonds. The lowest BCUT2D eigenvalue weighted by Gasteiger charge is -2.20. The summed E-state index contributed by atoms with van der Waals surface area (Å²) in [4.78, 5) is 25.4. The monoisotopic (exact) mass is 485 g/mol.